The lowest BCUT2D eigenvalue weighted by molar-refractivity contribution is -0.118. The smallest absolute Gasteiger partial charge is 0.262 e. The quantitative estimate of drug-likeness (QED) is 0.431. The van der Waals surface area contributed by atoms with Crippen molar-refractivity contribution in [3.8, 4) is 17.2 Å². The summed E-state index contributed by atoms with van der Waals surface area (Å²) in [6.07, 6.45) is 0. The third-order valence-electron chi connectivity index (χ3n) is 4.37. The monoisotopic (exact) mass is 490 g/mol. The number of ether oxygens (including phenoxy) is 3. The van der Waals surface area contributed by atoms with Gasteiger partial charge in [0.1, 0.15) is 17.2 Å². The van der Waals surface area contributed by atoms with E-state index in [1.807, 2.05) is 13.0 Å². The van der Waals surface area contributed by atoms with Crippen LogP contribution in [0, 0.1) is 0 Å². The number of benzene rings is 3. The number of hydrogen-bond donors (Lipinski definition) is 2. The fraction of sp³-hybridized carbons (Fsp3) is 0.174. The minimum absolute atomic E-state index is 0.0249. The number of rotatable bonds is 10. The Labute approximate surface area is 197 Å². The van der Waals surface area contributed by atoms with E-state index in [4.69, 9.17) is 25.8 Å². The lowest BCUT2D eigenvalue weighted by Crippen LogP contribution is -2.20. The van der Waals surface area contributed by atoms with E-state index in [1.54, 1.807) is 30.3 Å². The highest BCUT2D eigenvalue weighted by Gasteiger charge is 2.16. The van der Waals surface area contributed by atoms with Gasteiger partial charge in [0.05, 0.1) is 35.0 Å². The van der Waals surface area contributed by atoms with Gasteiger partial charge in [0.15, 0.2) is 6.61 Å². The van der Waals surface area contributed by atoms with E-state index in [0.717, 1.165) is 0 Å². The van der Waals surface area contributed by atoms with Gasteiger partial charge >= 0.3 is 0 Å². The van der Waals surface area contributed by atoms with Crippen molar-refractivity contribution in [2.24, 2.45) is 0 Å². The van der Waals surface area contributed by atoms with Gasteiger partial charge in [0.2, 0.25) is 0 Å². The summed E-state index contributed by atoms with van der Waals surface area (Å²) in [4.78, 5) is 12.3. The molecular weight excluding hydrogens is 468 g/mol. The molecule has 0 aromatic heterocycles. The Morgan fingerprint density at radius 2 is 1.70 bits per heavy atom. The van der Waals surface area contributed by atoms with E-state index in [2.05, 4.69) is 10.0 Å². The zero-order valence-corrected chi connectivity index (χ0v) is 19.6. The number of amides is 1. The third-order valence-corrected chi connectivity index (χ3v) is 6.06. The molecule has 0 aliphatic rings. The lowest BCUT2D eigenvalue weighted by atomic mass is 10.3. The van der Waals surface area contributed by atoms with Crippen LogP contribution in [0.15, 0.2) is 71.6 Å². The highest BCUT2D eigenvalue weighted by molar-refractivity contribution is 7.92. The Morgan fingerprint density at radius 3 is 2.36 bits per heavy atom. The van der Waals surface area contributed by atoms with Crippen molar-refractivity contribution >= 4 is 38.9 Å². The molecule has 3 aromatic rings. The second-order valence-corrected chi connectivity index (χ2v) is 8.78. The molecule has 0 aliphatic heterocycles. The normalized spacial score (nSPS) is 10.9. The third kappa shape index (κ3) is 6.53. The van der Waals surface area contributed by atoms with E-state index in [0.29, 0.717) is 35.2 Å². The van der Waals surface area contributed by atoms with E-state index in [-0.39, 0.29) is 22.4 Å². The molecule has 0 fully saturated rings. The minimum atomic E-state index is -3.85. The van der Waals surface area contributed by atoms with Crippen molar-refractivity contribution in [3.63, 3.8) is 0 Å². The van der Waals surface area contributed by atoms with Crippen molar-refractivity contribution in [1.29, 1.82) is 0 Å². The summed E-state index contributed by atoms with van der Waals surface area (Å²) in [6, 6.07) is 17.3. The first-order valence-electron chi connectivity index (χ1n) is 9.93. The van der Waals surface area contributed by atoms with Gasteiger partial charge in [-0.15, -0.1) is 0 Å². The highest BCUT2D eigenvalue weighted by Crippen LogP contribution is 2.29. The molecule has 1 amide bonds. The molecule has 3 aromatic carbocycles. The summed E-state index contributed by atoms with van der Waals surface area (Å²) < 4.78 is 43.7. The number of hydrogen-bond acceptors (Lipinski definition) is 6. The van der Waals surface area contributed by atoms with Crippen LogP contribution in [0.5, 0.6) is 17.2 Å². The van der Waals surface area contributed by atoms with Gasteiger partial charge in [0, 0.05) is 0 Å². The molecule has 0 saturated heterocycles. The van der Waals surface area contributed by atoms with Crippen molar-refractivity contribution in [3.05, 3.63) is 71.8 Å². The zero-order chi connectivity index (χ0) is 23.8. The van der Waals surface area contributed by atoms with Crippen LogP contribution in [-0.4, -0.2) is 34.6 Å². The summed E-state index contributed by atoms with van der Waals surface area (Å²) in [6.45, 7) is 2.07. The molecule has 0 radical (unpaired) electrons. The number of nitrogens with one attached hydrogen (secondary N) is 2. The van der Waals surface area contributed by atoms with Crippen molar-refractivity contribution in [2.45, 2.75) is 11.8 Å². The SMILES string of the molecule is CCOc1ccccc1NC(=O)COc1ccc(S(=O)(=O)Nc2ccc(OC)c(Cl)c2)cc1. The lowest BCUT2D eigenvalue weighted by Gasteiger charge is -2.12. The maximum Gasteiger partial charge on any atom is 0.262 e. The molecule has 0 aliphatic carbocycles. The number of carbonyl (C=O) groups excluding carboxylic acids is 1. The molecule has 0 unspecified atom stereocenters. The van der Waals surface area contributed by atoms with Gasteiger partial charge in [-0.1, -0.05) is 23.7 Å². The summed E-state index contributed by atoms with van der Waals surface area (Å²) in [5.41, 5.74) is 0.837. The number of methoxy groups -OCH3 is 1. The van der Waals surface area contributed by atoms with E-state index in [1.165, 1.54) is 37.4 Å². The van der Waals surface area contributed by atoms with Crippen molar-refractivity contribution in [1.82, 2.24) is 0 Å². The second kappa shape index (κ2) is 10.9. The fourth-order valence-electron chi connectivity index (χ4n) is 2.85. The summed E-state index contributed by atoms with van der Waals surface area (Å²) in [5, 5.41) is 3.01. The average Bonchev–Trinajstić information content (AvgIpc) is 2.79. The molecule has 33 heavy (non-hydrogen) atoms. The molecule has 0 saturated carbocycles. The molecule has 0 spiro atoms. The van der Waals surface area contributed by atoms with E-state index < -0.39 is 10.0 Å². The second-order valence-electron chi connectivity index (χ2n) is 6.69. The van der Waals surface area contributed by atoms with Crippen LogP contribution in [0.25, 0.3) is 0 Å². The van der Waals surface area contributed by atoms with Crippen LogP contribution in [0.3, 0.4) is 0 Å². The Balaban J connectivity index is 1.59. The van der Waals surface area contributed by atoms with Crippen LogP contribution < -0.4 is 24.2 Å². The molecule has 8 nitrogen and oxygen atoms in total. The van der Waals surface area contributed by atoms with Crippen LogP contribution in [0.1, 0.15) is 6.92 Å². The molecule has 3 rings (SSSR count). The largest absolute Gasteiger partial charge is 0.495 e. The van der Waals surface area contributed by atoms with Gasteiger partial charge in [-0.2, -0.15) is 0 Å². The van der Waals surface area contributed by atoms with Gasteiger partial charge in [-0.25, -0.2) is 8.42 Å². The predicted molar refractivity (Wildman–Crippen MR) is 127 cm³/mol. The molecule has 2 N–H and O–H groups in total. The van der Waals surface area contributed by atoms with Gasteiger partial charge in [0.25, 0.3) is 15.9 Å². The number of anilines is 2. The fourth-order valence-corrected chi connectivity index (χ4v) is 4.15. The van der Waals surface area contributed by atoms with Gasteiger partial charge in [-0.3, -0.25) is 9.52 Å². The first-order chi connectivity index (χ1) is 15.8. The van der Waals surface area contributed by atoms with Crippen LogP contribution in [-0.2, 0) is 14.8 Å². The molecule has 0 atom stereocenters. The molecule has 0 heterocycles. The maximum atomic E-state index is 12.6. The highest BCUT2D eigenvalue weighted by atomic mass is 35.5. The van der Waals surface area contributed by atoms with Crippen LogP contribution in [0.4, 0.5) is 11.4 Å². The average molecular weight is 491 g/mol. The zero-order valence-electron chi connectivity index (χ0n) is 18.0. The first kappa shape index (κ1) is 24.2. The molecular formula is C23H23ClN2O6S. The predicted octanol–water partition coefficient (Wildman–Crippen LogP) is 4.57. The van der Waals surface area contributed by atoms with Crippen molar-refractivity contribution < 1.29 is 27.4 Å². The molecule has 0 bridgehead atoms. The number of sulfonamides is 1. The van der Waals surface area contributed by atoms with Crippen LogP contribution >= 0.6 is 11.6 Å². The summed E-state index contributed by atoms with van der Waals surface area (Å²) in [5.74, 6) is 0.965. The number of carbonyl (C=O) groups is 1. The molecule has 174 valence electrons. The Hall–Kier alpha value is -3.43. The first-order valence-corrected chi connectivity index (χ1v) is 11.8. The van der Waals surface area contributed by atoms with Gasteiger partial charge < -0.3 is 19.5 Å². The topological polar surface area (TPSA) is 103 Å². The molecule has 10 heteroatoms. The van der Waals surface area contributed by atoms with E-state index >= 15 is 0 Å². The number of para-hydroxylation sites is 2. The Morgan fingerprint density at radius 1 is 0.970 bits per heavy atom. The summed E-state index contributed by atoms with van der Waals surface area (Å²) >= 11 is 6.04. The maximum absolute atomic E-state index is 12.6. The summed E-state index contributed by atoms with van der Waals surface area (Å²) in [7, 11) is -2.38. The number of halogens is 1. The van der Waals surface area contributed by atoms with Gasteiger partial charge in [-0.05, 0) is 61.5 Å². The minimum Gasteiger partial charge on any atom is -0.495 e. The standard InChI is InChI=1S/C23H23ClN2O6S/c1-3-31-22-7-5-4-6-20(22)25-23(27)15-32-17-9-11-18(12-10-17)33(28,29)26-16-8-13-21(30-2)19(24)14-16/h4-14,26H,3,15H2,1-2H3,(H,25,27). The Bertz CT molecular complexity index is 1220. The van der Waals surface area contributed by atoms with Crippen molar-refractivity contribution in [2.75, 3.05) is 30.4 Å². The Kier molecular flexibility index (Phi) is 8.02. The van der Waals surface area contributed by atoms with Crippen LogP contribution in [0.2, 0.25) is 5.02 Å². The van der Waals surface area contributed by atoms with E-state index in [9.17, 15) is 13.2 Å².